The van der Waals surface area contributed by atoms with E-state index in [1.807, 2.05) is 36.4 Å². The lowest BCUT2D eigenvalue weighted by Crippen LogP contribution is -2.29. The Morgan fingerprint density at radius 1 is 1.35 bits per heavy atom. The van der Waals surface area contributed by atoms with Gasteiger partial charge >= 0.3 is 0 Å². The van der Waals surface area contributed by atoms with Gasteiger partial charge < -0.3 is 5.73 Å². The molecule has 0 bridgehead atoms. The molecule has 1 aromatic carbocycles. The van der Waals surface area contributed by atoms with Crippen LogP contribution in [0.3, 0.4) is 0 Å². The van der Waals surface area contributed by atoms with Crippen molar-refractivity contribution in [2.24, 2.45) is 5.73 Å². The maximum atomic E-state index is 12.2. The predicted molar refractivity (Wildman–Crippen MR) is 84.7 cm³/mol. The van der Waals surface area contributed by atoms with Gasteiger partial charge in [0.15, 0.2) is 0 Å². The summed E-state index contributed by atoms with van der Waals surface area (Å²) in [5.41, 5.74) is 6.05. The Morgan fingerprint density at radius 3 is 2.70 bits per heavy atom. The number of thiocarbonyl (C=S) groups is 1. The molecule has 0 radical (unpaired) electrons. The Kier molecular flexibility index (Phi) is 4.92. The van der Waals surface area contributed by atoms with Gasteiger partial charge in [-0.1, -0.05) is 54.3 Å². The molecular weight excluding hydrogens is 292 g/mol. The fourth-order valence-corrected chi connectivity index (χ4v) is 3.11. The highest BCUT2D eigenvalue weighted by Crippen LogP contribution is 2.32. The molecule has 1 fully saturated rings. The Morgan fingerprint density at radius 2 is 2.05 bits per heavy atom. The predicted octanol–water partition coefficient (Wildman–Crippen LogP) is 2.15. The smallest absolute Gasteiger partial charge is 0.266 e. The molecule has 20 heavy (non-hydrogen) atoms. The number of carbonyl (C=O) groups excluding carboxylic acids is 2. The number of primary amides is 1. The van der Waals surface area contributed by atoms with Crippen LogP contribution in [0.15, 0.2) is 35.2 Å². The van der Waals surface area contributed by atoms with E-state index in [0.717, 1.165) is 5.56 Å². The third-order valence-corrected chi connectivity index (χ3v) is 4.15. The molecule has 0 unspecified atom stereocenters. The second-order valence-electron chi connectivity index (χ2n) is 4.31. The molecule has 0 aromatic heterocycles. The zero-order valence-electron chi connectivity index (χ0n) is 10.7. The minimum Gasteiger partial charge on any atom is -0.370 e. The molecule has 1 heterocycles. The molecule has 1 aliphatic rings. The first-order valence-corrected chi connectivity index (χ1v) is 7.39. The van der Waals surface area contributed by atoms with Crippen LogP contribution in [-0.4, -0.2) is 27.6 Å². The molecule has 2 N–H and O–H groups in total. The fraction of sp³-hybridized carbons (Fsp3) is 0.214. The van der Waals surface area contributed by atoms with Gasteiger partial charge in [-0.15, -0.1) is 0 Å². The van der Waals surface area contributed by atoms with E-state index in [-0.39, 0.29) is 18.2 Å². The maximum absolute atomic E-state index is 12.2. The van der Waals surface area contributed by atoms with E-state index >= 15 is 0 Å². The van der Waals surface area contributed by atoms with Crippen LogP contribution < -0.4 is 5.73 Å². The first-order valence-electron chi connectivity index (χ1n) is 6.16. The topological polar surface area (TPSA) is 63.4 Å². The number of nitrogens with two attached hydrogens (primary N) is 1. The highest BCUT2D eigenvalue weighted by molar-refractivity contribution is 8.26. The van der Waals surface area contributed by atoms with Crippen molar-refractivity contribution >= 4 is 46.2 Å². The van der Waals surface area contributed by atoms with E-state index in [1.165, 1.54) is 16.7 Å². The Bertz CT molecular complexity index is 570. The van der Waals surface area contributed by atoms with Crippen LogP contribution in [0, 0.1) is 0 Å². The van der Waals surface area contributed by atoms with E-state index in [4.69, 9.17) is 18.0 Å². The summed E-state index contributed by atoms with van der Waals surface area (Å²) in [6.45, 7) is 0.430. The van der Waals surface area contributed by atoms with Crippen LogP contribution in [0.2, 0.25) is 0 Å². The van der Waals surface area contributed by atoms with Crippen molar-refractivity contribution in [1.29, 1.82) is 0 Å². The summed E-state index contributed by atoms with van der Waals surface area (Å²) < 4.78 is 0.529. The van der Waals surface area contributed by atoms with Crippen molar-refractivity contribution in [2.45, 2.75) is 12.8 Å². The fourth-order valence-electron chi connectivity index (χ4n) is 1.80. The lowest BCUT2D eigenvalue weighted by molar-refractivity contribution is -0.123. The first-order chi connectivity index (χ1) is 9.58. The van der Waals surface area contributed by atoms with Crippen molar-refractivity contribution < 1.29 is 9.59 Å². The molecule has 1 aromatic rings. The zero-order chi connectivity index (χ0) is 14.5. The summed E-state index contributed by atoms with van der Waals surface area (Å²) in [4.78, 5) is 25.1. The molecule has 0 aliphatic carbocycles. The molecule has 6 heteroatoms. The van der Waals surface area contributed by atoms with Crippen LogP contribution in [0.25, 0.3) is 6.08 Å². The zero-order valence-corrected chi connectivity index (χ0v) is 12.4. The summed E-state index contributed by atoms with van der Waals surface area (Å²) in [5.74, 6) is -0.469. The van der Waals surface area contributed by atoms with Gasteiger partial charge in [-0.2, -0.15) is 0 Å². The molecule has 2 amide bonds. The van der Waals surface area contributed by atoms with Crippen molar-refractivity contribution in [1.82, 2.24) is 4.90 Å². The van der Waals surface area contributed by atoms with Crippen molar-refractivity contribution in [2.75, 3.05) is 6.54 Å². The minimum atomic E-state index is -0.365. The normalized spacial score (nSPS) is 17.0. The Labute approximate surface area is 127 Å². The molecule has 0 spiro atoms. The number of amides is 2. The number of rotatable bonds is 5. The highest BCUT2D eigenvalue weighted by atomic mass is 32.2. The second kappa shape index (κ2) is 6.67. The number of hydrogen-bond donors (Lipinski definition) is 1. The van der Waals surface area contributed by atoms with Crippen molar-refractivity contribution in [3.8, 4) is 0 Å². The van der Waals surface area contributed by atoms with Crippen LogP contribution in [0.1, 0.15) is 18.4 Å². The summed E-state index contributed by atoms with van der Waals surface area (Å²) in [5, 5.41) is 0. The van der Waals surface area contributed by atoms with Crippen LogP contribution in [-0.2, 0) is 9.59 Å². The molecule has 104 valence electrons. The molecule has 1 aliphatic heterocycles. The first kappa shape index (κ1) is 14.7. The maximum Gasteiger partial charge on any atom is 0.266 e. The van der Waals surface area contributed by atoms with Gasteiger partial charge in [0.1, 0.15) is 4.32 Å². The van der Waals surface area contributed by atoms with Crippen LogP contribution in [0.4, 0.5) is 0 Å². The van der Waals surface area contributed by atoms with Crippen LogP contribution in [0.5, 0.6) is 0 Å². The number of benzene rings is 1. The van der Waals surface area contributed by atoms with Gasteiger partial charge in [-0.3, -0.25) is 14.5 Å². The molecule has 0 saturated carbocycles. The van der Waals surface area contributed by atoms with E-state index in [0.29, 0.717) is 22.2 Å². The summed E-state index contributed by atoms with van der Waals surface area (Å²) in [6.07, 6.45) is 2.61. The van der Waals surface area contributed by atoms with Gasteiger partial charge in [-0.25, -0.2) is 0 Å². The summed E-state index contributed by atoms with van der Waals surface area (Å²) >= 11 is 6.49. The summed E-state index contributed by atoms with van der Waals surface area (Å²) in [7, 11) is 0. The second-order valence-corrected chi connectivity index (χ2v) is 5.99. The minimum absolute atomic E-state index is 0.103. The third-order valence-electron chi connectivity index (χ3n) is 2.78. The van der Waals surface area contributed by atoms with E-state index in [1.54, 1.807) is 0 Å². The number of carbonyl (C=O) groups is 2. The lowest BCUT2D eigenvalue weighted by atomic mass is 10.2. The molecular formula is C14H14N2O2S2. The molecule has 0 atom stereocenters. The van der Waals surface area contributed by atoms with Gasteiger partial charge in [-0.05, 0) is 18.1 Å². The van der Waals surface area contributed by atoms with E-state index in [9.17, 15) is 9.59 Å². The standard InChI is InChI=1S/C14H14N2O2S2/c15-12(17)7-4-8-16-13(18)11(20-14(16)19)9-10-5-2-1-3-6-10/h1-3,5-6,9H,4,7-8H2,(H2,15,17)/b11-9-. The molecule has 4 nitrogen and oxygen atoms in total. The molecule has 2 rings (SSSR count). The number of nitrogens with zero attached hydrogens (tertiary/aromatic N) is 1. The summed E-state index contributed by atoms with van der Waals surface area (Å²) in [6, 6.07) is 9.62. The Hall–Kier alpha value is -1.66. The third kappa shape index (κ3) is 3.68. The monoisotopic (exact) mass is 306 g/mol. The van der Waals surface area contributed by atoms with Gasteiger partial charge in [0.25, 0.3) is 5.91 Å². The average molecular weight is 306 g/mol. The number of hydrogen-bond acceptors (Lipinski definition) is 4. The quantitative estimate of drug-likeness (QED) is 0.669. The van der Waals surface area contributed by atoms with E-state index in [2.05, 4.69) is 0 Å². The average Bonchev–Trinajstić information content (AvgIpc) is 2.67. The van der Waals surface area contributed by atoms with Gasteiger partial charge in [0.05, 0.1) is 4.91 Å². The SMILES string of the molecule is NC(=O)CCCN1C(=O)/C(=C/c2ccccc2)SC1=S. The highest BCUT2D eigenvalue weighted by Gasteiger charge is 2.31. The van der Waals surface area contributed by atoms with Gasteiger partial charge in [0.2, 0.25) is 5.91 Å². The Balaban J connectivity index is 2.05. The van der Waals surface area contributed by atoms with Crippen LogP contribution >= 0.6 is 24.0 Å². The van der Waals surface area contributed by atoms with E-state index < -0.39 is 0 Å². The lowest BCUT2D eigenvalue weighted by Gasteiger charge is -2.13. The van der Waals surface area contributed by atoms with Gasteiger partial charge in [0, 0.05) is 13.0 Å². The molecule has 1 saturated heterocycles. The largest absolute Gasteiger partial charge is 0.370 e. The van der Waals surface area contributed by atoms with Crippen molar-refractivity contribution in [3.63, 3.8) is 0 Å². The van der Waals surface area contributed by atoms with Crippen molar-refractivity contribution in [3.05, 3.63) is 40.8 Å². The number of thioether (sulfide) groups is 1.